The molecule has 0 spiro atoms. The number of anilines is 1. The Labute approximate surface area is 94.6 Å². The molecule has 14 heavy (non-hydrogen) atoms. The highest BCUT2D eigenvalue weighted by Gasteiger charge is 2.09. The largest absolute Gasteiger partial charge is 0.325 e. The first-order chi connectivity index (χ1) is 6.50. The van der Waals surface area contributed by atoms with Gasteiger partial charge in [0.1, 0.15) is 5.82 Å². The Morgan fingerprint density at radius 1 is 1.64 bits per heavy atom. The standard InChI is InChI=1S/C9H8BrClFNO/c1-5(10)9(14)13-6-2-3-7(11)8(12)4-6/h2-5H,1H3,(H,13,14). The number of carbonyl (C=O) groups excluding carboxylic acids is 1. The van der Waals surface area contributed by atoms with Gasteiger partial charge in [0.15, 0.2) is 0 Å². The van der Waals surface area contributed by atoms with Crippen molar-refractivity contribution < 1.29 is 9.18 Å². The lowest BCUT2D eigenvalue weighted by Crippen LogP contribution is -2.19. The van der Waals surface area contributed by atoms with Crippen LogP contribution in [0.15, 0.2) is 18.2 Å². The van der Waals surface area contributed by atoms with Crippen LogP contribution in [0.1, 0.15) is 6.92 Å². The molecular formula is C9H8BrClFNO. The van der Waals surface area contributed by atoms with Crippen LogP contribution < -0.4 is 5.32 Å². The van der Waals surface area contributed by atoms with Crippen LogP contribution in [0.25, 0.3) is 0 Å². The Morgan fingerprint density at radius 2 is 2.29 bits per heavy atom. The number of hydrogen-bond acceptors (Lipinski definition) is 1. The normalized spacial score (nSPS) is 12.3. The van der Waals surface area contributed by atoms with Crippen LogP contribution >= 0.6 is 27.5 Å². The summed E-state index contributed by atoms with van der Waals surface area (Å²) in [7, 11) is 0. The summed E-state index contributed by atoms with van der Waals surface area (Å²) in [6, 6.07) is 4.11. The molecule has 1 atom stereocenters. The van der Waals surface area contributed by atoms with Crippen molar-refractivity contribution in [3.8, 4) is 0 Å². The fraction of sp³-hybridized carbons (Fsp3) is 0.222. The molecule has 0 saturated carbocycles. The van der Waals surface area contributed by atoms with E-state index in [1.807, 2.05) is 0 Å². The van der Waals surface area contributed by atoms with Crippen molar-refractivity contribution in [1.29, 1.82) is 0 Å². The minimum atomic E-state index is -0.549. The molecule has 1 aromatic rings. The zero-order valence-electron chi connectivity index (χ0n) is 7.35. The summed E-state index contributed by atoms with van der Waals surface area (Å²) >= 11 is 8.58. The summed E-state index contributed by atoms with van der Waals surface area (Å²) in [5, 5.41) is 2.56. The van der Waals surface area contributed by atoms with Gasteiger partial charge < -0.3 is 5.32 Å². The highest BCUT2D eigenvalue weighted by Crippen LogP contribution is 2.19. The van der Waals surface area contributed by atoms with Gasteiger partial charge in [0.05, 0.1) is 9.85 Å². The van der Waals surface area contributed by atoms with E-state index in [-0.39, 0.29) is 15.8 Å². The third kappa shape index (κ3) is 2.96. The SMILES string of the molecule is CC(Br)C(=O)Nc1ccc(Cl)c(F)c1. The second kappa shape index (κ2) is 4.75. The number of alkyl halides is 1. The molecule has 0 aliphatic carbocycles. The van der Waals surface area contributed by atoms with Crippen molar-refractivity contribution in [2.24, 2.45) is 0 Å². The molecule has 1 N–H and O–H groups in total. The first-order valence-electron chi connectivity index (χ1n) is 3.90. The van der Waals surface area contributed by atoms with Gasteiger partial charge in [0, 0.05) is 5.69 Å². The molecule has 0 bridgehead atoms. The molecule has 1 unspecified atom stereocenters. The maximum absolute atomic E-state index is 12.9. The monoisotopic (exact) mass is 279 g/mol. The van der Waals surface area contributed by atoms with E-state index in [1.54, 1.807) is 13.0 Å². The minimum Gasteiger partial charge on any atom is -0.325 e. The lowest BCUT2D eigenvalue weighted by atomic mass is 10.3. The van der Waals surface area contributed by atoms with Gasteiger partial charge in [-0.25, -0.2) is 4.39 Å². The Hall–Kier alpha value is -0.610. The van der Waals surface area contributed by atoms with E-state index >= 15 is 0 Å². The van der Waals surface area contributed by atoms with Crippen molar-refractivity contribution in [1.82, 2.24) is 0 Å². The zero-order chi connectivity index (χ0) is 10.7. The van der Waals surface area contributed by atoms with Gasteiger partial charge in [0.2, 0.25) is 5.91 Å². The number of benzene rings is 1. The molecule has 0 aliphatic heterocycles. The van der Waals surface area contributed by atoms with Crippen LogP contribution in [0.5, 0.6) is 0 Å². The van der Waals surface area contributed by atoms with Crippen LogP contribution in [-0.4, -0.2) is 10.7 Å². The van der Waals surface area contributed by atoms with Gasteiger partial charge in [-0.3, -0.25) is 4.79 Å². The Kier molecular flexibility index (Phi) is 3.89. The van der Waals surface area contributed by atoms with Crippen LogP contribution in [-0.2, 0) is 4.79 Å². The number of hydrogen-bond donors (Lipinski definition) is 1. The van der Waals surface area contributed by atoms with Gasteiger partial charge >= 0.3 is 0 Å². The van der Waals surface area contributed by atoms with E-state index in [0.29, 0.717) is 5.69 Å². The highest BCUT2D eigenvalue weighted by molar-refractivity contribution is 9.10. The van der Waals surface area contributed by atoms with Crippen molar-refractivity contribution in [3.63, 3.8) is 0 Å². The van der Waals surface area contributed by atoms with Gasteiger partial charge in [-0.15, -0.1) is 0 Å². The smallest absolute Gasteiger partial charge is 0.237 e. The molecule has 0 aliphatic rings. The van der Waals surface area contributed by atoms with Gasteiger partial charge in [-0.1, -0.05) is 27.5 Å². The van der Waals surface area contributed by atoms with Gasteiger partial charge in [-0.2, -0.15) is 0 Å². The molecule has 0 radical (unpaired) electrons. The van der Waals surface area contributed by atoms with E-state index in [0.717, 1.165) is 0 Å². The number of carbonyl (C=O) groups is 1. The first-order valence-corrected chi connectivity index (χ1v) is 5.20. The van der Waals surface area contributed by atoms with Gasteiger partial charge in [-0.05, 0) is 25.1 Å². The number of rotatable bonds is 2. The van der Waals surface area contributed by atoms with Gasteiger partial charge in [0.25, 0.3) is 0 Å². The number of halogens is 3. The third-order valence-corrected chi connectivity index (χ3v) is 2.27. The van der Waals surface area contributed by atoms with Crippen LogP contribution in [0.4, 0.5) is 10.1 Å². The summed E-state index contributed by atoms with van der Waals surface area (Å²) in [4.78, 5) is 10.9. The van der Waals surface area contributed by atoms with E-state index in [4.69, 9.17) is 11.6 Å². The van der Waals surface area contributed by atoms with Crippen molar-refractivity contribution >= 4 is 39.1 Å². The summed E-state index contributed by atoms with van der Waals surface area (Å²) in [6.07, 6.45) is 0. The first kappa shape index (κ1) is 11.5. The van der Waals surface area contributed by atoms with Crippen LogP contribution in [0, 0.1) is 5.82 Å². The van der Waals surface area contributed by atoms with Crippen molar-refractivity contribution in [2.45, 2.75) is 11.8 Å². The molecule has 0 fully saturated rings. The minimum absolute atomic E-state index is 0.0369. The lowest BCUT2D eigenvalue weighted by molar-refractivity contribution is -0.115. The summed E-state index contributed by atoms with van der Waals surface area (Å²) in [6.45, 7) is 1.68. The molecule has 76 valence electrons. The second-order valence-corrected chi connectivity index (χ2v) is 4.51. The lowest BCUT2D eigenvalue weighted by Gasteiger charge is -2.06. The quantitative estimate of drug-likeness (QED) is 0.828. The molecule has 2 nitrogen and oxygen atoms in total. The summed E-state index contributed by atoms with van der Waals surface area (Å²) in [5.74, 6) is -0.779. The molecule has 1 amide bonds. The number of amides is 1. The molecular weight excluding hydrogens is 272 g/mol. The Bertz CT molecular complexity index is 357. The zero-order valence-corrected chi connectivity index (χ0v) is 9.69. The predicted octanol–water partition coefficient (Wildman–Crippen LogP) is 3.20. The van der Waals surface area contributed by atoms with Crippen molar-refractivity contribution in [3.05, 3.63) is 29.0 Å². The fourth-order valence-electron chi connectivity index (χ4n) is 0.816. The fourth-order valence-corrected chi connectivity index (χ4v) is 1.05. The third-order valence-electron chi connectivity index (χ3n) is 1.55. The number of nitrogens with one attached hydrogen (secondary N) is 1. The van der Waals surface area contributed by atoms with Crippen LogP contribution in [0.2, 0.25) is 5.02 Å². The van der Waals surface area contributed by atoms with Crippen molar-refractivity contribution in [2.75, 3.05) is 5.32 Å². The average molecular weight is 281 g/mol. The average Bonchev–Trinajstić information content (AvgIpc) is 2.11. The maximum atomic E-state index is 12.9. The van der Waals surface area contributed by atoms with Crippen LogP contribution in [0.3, 0.4) is 0 Å². The van der Waals surface area contributed by atoms with E-state index in [1.165, 1.54) is 12.1 Å². The van der Waals surface area contributed by atoms with E-state index in [9.17, 15) is 9.18 Å². The Morgan fingerprint density at radius 3 is 2.79 bits per heavy atom. The Balaban J connectivity index is 2.78. The molecule has 1 rings (SSSR count). The molecule has 0 heterocycles. The summed E-state index contributed by atoms with van der Waals surface area (Å²) in [5.41, 5.74) is 0.392. The van der Waals surface area contributed by atoms with E-state index in [2.05, 4.69) is 21.2 Å². The molecule has 0 aromatic heterocycles. The predicted molar refractivity (Wildman–Crippen MR) is 58.4 cm³/mol. The molecule has 1 aromatic carbocycles. The molecule has 5 heteroatoms. The second-order valence-electron chi connectivity index (χ2n) is 2.73. The topological polar surface area (TPSA) is 29.1 Å². The summed E-state index contributed by atoms with van der Waals surface area (Å²) < 4.78 is 12.9. The highest BCUT2D eigenvalue weighted by atomic mass is 79.9. The van der Waals surface area contributed by atoms with E-state index < -0.39 is 5.82 Å². The molecule has 0 saturated heterocycles. The maximum Gasteiger partial charge on any atom is 0.237 e.